The van der Waals surface area contributed by atoms with Crippen LogP contribution in [0.25, 0.3) is 0 Å². The van der Waals surface area contributed by atoms with Crippen molar-refractivity contribution in [1.29, 1.82) is 0 Å². The van der Waals surface area contributed by atoms with Gasteiger partial charge in [0.1, 0.15) is 5.75 Å². The first-order valence-electron chi connectivity index (χ1n) is 9.49. The number of carbonyl (C=O) groups excluding carboxylic acids is 3. The summed E-state index contributed by atoms with van der Waals surface area (Å²) in [5, 5.41) is 2.48. The second-order valence-corrected chi connectivity index (χ2v) is 8.23. The van der Waals surface area contributed by atoms with Gasteiger partial charge in [0.15, 0.2) is 0 Å². The minimum Gasteiger partial charge on any atom is -0.494 e. The first-order valence-corrected chi connectivity index (χ1v) is 11.0. The molecule has 0 heterocycles. The van der Waals surface area contributed by atoms with Crippen LogP contribution in [0, 0.1) is 0 Å². The number of rotatable bonds is 9. The van der Waals surface area contributed by atoms with Crippen molar-refractivity contribution in [3.05, 3.63) is 53.6 Å². The van der Waals surface area contributed by atoms with E-state index in [1.54, 1.807) is 0 Å². The van der Waals surface area contributed by atoms with Crippen LogP contribution in [0.3, 0.4) is 0 Å². The number of carbonyl (C=O) groups is 3. The van der Waals surface area contributed by atoms with Crippen molar-refractivity contribution in [3.63, 3.8) is 0 Å². The summed E-state index contributed by atoms with van der Waals surface area (Å²) in [6.07, 6.45) is 0. The van der Waals surface area contributed by atoms with E-state index in [2.05, 4.69) is 19.5 Å². The monoisotopic (exact) mass is 464 g/mol. The molecular weight excluding hydrogens is 440 g/mol. The van der Waals surface area contributed by atoms with Crippen LogP contribution in [-0.2, 0) is 24.3 Å². The van der Waals surface area contributed by atoms with E-state index in [1.807, 2.05) is 6.92 Å². The number of ether oxygens (including phenoxy) is 3. The highest BCUT2D eigenvalue weighted by Crippen LogP contribution is 2.19. The summed E-state index contributed by atoms with van der Waals surface area (Å²) < 4.78 is 42.0. The lowest BCUT2D eigenvalue weighted by Gasteiger charge is -2.15. The standard InChI is InChI=1S/C21H24N2O8S/c1-5-31-17-6-8-18(9-7-17)32(27,28)23-13(2)19(24)22-16-11-14(20(25)29-3)10-15(12-16)21(26)30-4/h6-13,23H,5H2,1-4H3,(H,22,24)/t13-/m0/s1. The van der Waals surface area contributed by atoms with Crippen LogP contribution in [0.2, 0.25) is 0 Å². The van der Waals surface area contributed by atoms with Crippen molar-refractivity contribution < 1.29 is 37.0 Å². The van der Waals surface area contributed by atoms with Crippen LogP contribution < -0.4 is 14.8 Å². The molecule has 0 aliphatic rings. The fraction of sp³-hybridized carbons (Fsp3) is 0.286. The molecule has 0 spiro atoms. The molecule has 11 heteroatoms. The summed E-state index contributed by atoms with van der Waals surface area (Å²) in [5.74, 6) is -1.65. The van der Waals surface area contributed by atoms with Gasteiger partial charge in [-0.15, -0.1) is 0 Å². The number of hydrogen-bond acceptors (Lipinski definition) is 8. The Bertz CT molecular complexity index is 1060. The van der Waals surface area contributed by atoms with E-state index < -0.39 is 33.9 Å². The minimum absolute atomic E-state index is 0.00771. The summed E-state index contributed by atoms with van der Waals surface area (Å²) in [7, 11) is -1.65. The quantitative estimate of drug-likeness (QED) is 0.538. The maximum absolute atomic E-state index is 12.6. The SMILES string of the molecule is CCOc1ccc(S(=O)(=O)N[C@@H](C)C(=O)Nc2cc(C(=O)OC)cc(C(=O)OC)c2)cc1. The molecule has 2 aromatic rings. The van der Waals surface area contributed by atoms with E-state index in [9.17, 15) is 22.8 Å². The average Bonchev–Trinajstić information content (AvgIpc) is 2.77. The highest BCUT2D eigenvalue weighted by Gasteiger charge is 2.23. The molecule has 1 atom stereocenters. The molecule has 2 aromatic carbocycles. The molecule has 0 saturated heterocycles. The van der Waals surface area contributed by atoms with Crippen LogP contribution >= 0.6 is 0 Å². The average molecular weight is 464 g/mol. The fourth-order valence-electron chi connectivity index (χ4n) is 2.66. The zero-order chi connectivity index (χ0) is 23.9. The number of anilines is 1. The van der Waals surface area contributed by atoms with Crippen molar-refractivity contribution in [2.75, 3.05) is 26.1 Å². The molecule has 0 fully saturated rings. The Morgan fingerprint density at radius 3 is 1.94 bits per heavy atom. The van der Waals surface area contributed by atoms with E-state index in [1.165, 1.54) is 63.6 Å². The maximum atomic E-state index is 12.6. The number of methoxy groups -OCH3 is 2. The van der Waals surface area contributed by atoms with Crippen LogP contribution in [0.5, 0.6) is 5.75 Å². The minimum atomic E-state index is -3.99. The number of hydrogen-bond donors (Lipinski definition) is 2. The summed E-state index contributed by atoms with van der Waals surface area (Å²) in [5.41, 5.74) is 0.104. The molecule has 10 nitrogen and oxygen atoms in total. The van der Waals surface area contributed by atoms with Gasteiger partial charge in [-0.3, -0.25) is 4.79 Å². The van der Waals surface area contributed by atoms with Crippen molar-refractivity contribution in [2.45, 2.75) is 24.8 Å². The summed E-state index contributed by atoms with van der Waals surface area (Å²) in [4.78, 5) is 36.3. The molecule has 0 bridgehead atoms. The van der Waals surface area contributed by atoms with Crippen molar-refractivity contribution in [3.8, 4) is 5.75 Å². The van der Waals surface area contributed by atoms with Gasteiger partial charge in [-0.05, 0) is 56.3 Å². The Labute approximate surface area is 185 Å². The van der Waals surface area contributed by atoms with Gasteiger partial charge in [0.05, 0.1) is 42.9 Å². The van der Waals surface area contributed by atoms with Gasteiger partial charge < -0.3 is 19.5 Å². The molecule has 0 unspecified atom stereocenters. The number of esters is 2. The molecular formula is C21H24N2O8S. The van der Waals surface area contributed by atoms with Crippen LogP contribution in [0.15, 0.2) is 47.4 Å². The number of amides is 1. The van der Waals surface area contributed by atoms with Crippen molar-refractivity contribution in [1.82, 2.24) is 4.72 Å². The fourth-order valence-corrected chi connectivity index (χ4v) is 3.86. The molecule has 32 heavy (non-hydrogen) atoms. The van der Waals surface area contributed by atoms with Crippen LogP contribution in [-0.4, -0.2) is 53.1 Å². The summed E-state index contributed by atoms with van der Waals surface area (Å²) in [6, 6.07) is 8.42. The van der Waals surface area contributed by atoms with Gasteiger partial charge in [-0.2, -0.15) is 4.72 Å². The lowest BCUT2D eigenvalue weighted by atomic mass is 10.1. The van der Waals surface area contributed by atoms with E-state index in [0.717, 1.165) is 0 Å². The highest BCUT2D eigenvalue weighted by molar-refractivity contribution is 7.89. The van der Waals surface area contributed by atoms with E-state index in [0.29, 0.717) is 12.4 Å². The molecule has 0 aliphatic heterocycles. The van der Waals surface area contributed by atoms with E-state index >= 15 is 0 Å². The third-order valence-corrected chi connectivity index (χ3v) is 5.77. The predicted octanol–water partition coefficient (Wildman–Crippen LogP) is 1.96. The molecule has 2 N–H and O–H groups in total. The molecule has 0 aromatic heterocycles. The summed E-state index contributed by atoms with van der Waals surface area (Å²) >= 11 is 0. The van der Waals surface area contributed by atoms with Gasteiger partial charge in [0, 0.05) is 5.69 Å². The zero-order valence-corrected chi connectivity index (χ0v) is 18.8. The van der Waals surface area contributed by atoms with Crippen molar-refractivity contribution >= 4 is 33.6 Å². The normalized spacial score (nSPS) is 11.9. The second-order valence-electron chi connectivity index (χ2n) is 6.52. The zero-order valence-electron chi connectivity index (χ0n) is 18.0. The molecule has 2 rings (SSSR count). The van der Waals surface area contributed by atoms with Gasteiger partial charge in [-0.25, -0.2) is 18.0 Å². The lowest BCUT2D eigenvalue weighted by molar-refractivity contribution is -0.117. The Kier molecular flexibility index (Phi) is 8.33. The maximum Gasteiger partial charge on any atom is 0.337 e. The topological polar surface area (TPSA) is 137 Å². The number of benzene rings is 2. The Morgan fingerprint density at radius 2 is 1.47 bits per heavy atom. The van der Waals surface area contributed by atoms with Gasteiger partial charge in [-0.1, -0.05) is 0 Å². The van der Waals surface area contributed by atoms with Crippen LogP contribution in [0.1, 0.15) is 34.6 Å². The largest absolute Gasteiger partial charge is 0.494 e. The molecule has 0 radical (unpaired) electrons. The molecule has 1 amide bonds. The Hall–Kier alpha value is -3.44. The van der Waals surface area contributed by atoms with Gasteiger partial charge >= 0.3 is 11.9 Å². The van der Waals surface area contributed by atoms with E-state index in [-0.39, 0.29) is 21.7 Å². The lowest BCUT2D eigenvalue weighted by Crippen LogP contribution is -2.41. The van der Waals surface area contributed by atoms with Crippen LogP contribution in [0.4, 0.5) is 5.69 Å². The highest BCUT2D eigenvalue weighted by atomic mass is 32.2. The number of nitrogens with one attached hydrogen (secondary N) is 2. The third-order valence-electron chi connectivity index (χ3n) is 4.21. The smallest absolute Gasteiger partial charge is 0.337 e. The predicted molar refractivity (Wildman–Crippen MR) is 115 cm³/mol. The third kappa shape index (κ3) is 6.28. The molecule has 0 aliphatic carbocycles. The van der Waals surface area contributed by atoms with Gasteiger partial charge in [0.2, 0.25) is 15.9 Å². The van der Waals surface area contributed by atoms with Crippen molar-refractivity contribution in [2.24, 2.45) is 0 Å². The van der Waals surface area contributed by atoms with Gasteiger partial charge in [0.25, 0.3) is 0 Å². The Morgan fingerprint density at radius 1 is 0.938 bits per heavy atom. The Balaban J connectivity index is 2.19. The molecule has 172 valence electrons. The first kappa shape index (κ1) is 24.8. The first-order chi connectivity index (χ1) is 15.1. The summed E-state index contributed by atoms with van der Waals surface area (Å²) in [6.45, 7) is 3.60. The van der Waals surface area contributed by atoms with E-state index in [4.69, 9.17) is 4.74 Å². The molecule has 0 saturated carbocycles. The second kappa shape index (κ2) is 10.7. The number of sulfonamides is 1.